The Morgan fingerprint density at radius 1 is 1.21 bits per heavy atom. The summed E-state index contributed by atoms with van der Waals surface area (Å²) >= 11 is 6.01. The molecule has 156 valence electrons. The highest BCUT2D eigenvalue weighted by Crippen LogP contribution is 2.46. The Labute approximate surface area is 177 Å². The lowest BCUT2D eigenvalue weighted by molar-refractivity contribution is -0.154. The van der Waals surface area contributed by atoms with Crippen molar-refractivity contribution in [3.63, 3.8) is 0 Å². The molecule has 1 saturated heterocycles. The van der Waals surface area contributed by atoms with Crippen molar-refractivity contribution >= 4 is 23.5 Å². The summed E-state index contributed by atoms with van der Waals surface area (Å²) in [5.74, 6) is 0.499. The first kappa shape index (κ1) is 21.5. The van der Waals surface area contributed by atoms with Gasteiger partial charge in [-0.15, -0.1) is 0 Å². The maximum absolute atomic E-state index is 13.3. The van der Waals surface area contributed by atoms with Gasteiger partial charge in [-0.3, -0.25) is 4.79 Å². The number of nitrogens with zero attached hydrogens (tertiary/aromatic N) is 3. The van der Waals surface area contributed by atoms with Gasteiger partial charge in [-0.2, -0.15) is 0 Å². The van der Waals surface area contributed by atoms with Crippen LogP contribution >= 0.6 is 11.6 Å². The Bertz CT molecular complexity index is 842. The largest absolute Gasteiger partial charge is 0.384 e. The van der Waals surface area contributed by atoms with Crippen molar-refractivity contribution in [1.29, 1.82) is 0 Å². The molecule has 1 amide bonds. The summed E-state index contributed by atoms with van der Waals surface area (Å²) in [6, 6.07) is 8.62. The van der Waals surface area contributed by atoms with E-state index in [4.69, 9.17) is 11.6 Å². The molecule has 2 heterocycles. The molecule has 3 rings (SSSR count). The summed E-state index contributed by atoms with van der Waals surface area (Å²) in [5.41, 5.74) is -0.729. The zero-order chi connectivity index (χ0) is 21.2. The number of rotatable bonds is 5. The standard InChI is InChI=1S/C22H29ClN4O2/c1-15(2)18(26-20-24-11-5-12-25-20)19(28)27-13-10-22(29,21(3,4)14-27)16-6-8-17(23)9-7-16/h5-9,11-12,15,18,29H,10,13-14H2,1-4H3,(H,24,25,26)/t18-,22+/m1/s1. The third kappa shape index (κ3) is 4.38. The number of nitrogens with one attached hydrogen (secondary N) is 1. The first-order valence-electron chi connectivity index (χ1n) is 9.95. The van der Waals surface area contributed by atoms with Gasteiger partial charge in [-0.1, -0.05) is 51.4 Å². The number of likely N-dealkylation sites (tertiary alicyclic amines) is 1. The Kier molecular flexibility index (Phi) is 6.15. The number of carbonyl (C=O) groups is 1. The number of piperidine rings is 1. The first-order chi connectivity index (χ1) is 13.6. The lowest BCUT2D eigenvalue weighted by Gasteiger charge is -2.51. The summed E-state index contributed by atoms with van der Waals surface area (Å²) in [6.07, 6.45) is 3.75. The third-order valence-corrected chi connectivity index (χ3v) is 6.12. The minimum absolute atomic E-state index is 0.00122. The number of hydrogen-bond acceptors (Lipinski definition) is 5. The molecule has 1 aliphatic heterocycles. The Hall–Kier alpha value is -2.18. The fourth-order valence-electron chi connectivity index (χ4n) is 3.99. The number of aliphatic hydroxyl groups is 1. The molecule has 1 aromatic carbocycles. The van der Waals surface area contributed by atoms with Crippen molar-refractivity contribution in [3.05, 3.63) is 53.3 Å². The molecule has 0 saturated carbocycles. The van der Waals surface area contributed by atoms with Gasteiger partial charge in [0, 0.05) is 35.9 Å². The monoisotopic (exact) mass is 416 g/mol. The van der Waals surface area contributed by atoms with Crippen LogP contribution in [-0.4, -0.2) is 45.0 Å². The van der Waals surface area contributed by atoms with Gasteiger partial charge in [0.1, 0.15) is 6.04 Å². The zero-order valence-electron chi connectivity index (χ0n) is 17.4. The molecule has 0 radical (unpaired) electrons. The summed E-state index contributed by atoms with van der Waals surface area (Å²) in [4.78, 5) is 23.5. The van der Waals surface area contributed by atoms with Crippen LogP contribution in [0.15, 0.2) is 42.7 Å². The summed E-state index contributed by atoms with van der Waals surface area (Å²) in [5, 5.41) is 15.3. The van der Waals surface area contributed by atoms with Crippen LogP contribution in [0, 0.1) is 11.3 Å². The molecule has 7 heteroatoms. The first-order valence-corrected chi connectivity index (χ1v) is 10.3. The van der Waals surface area contributed by atoms with Crippen molar-refractivity contribution in [2.45, 2.75) is 45.8 Å². The fourth-order valence-corrected chi connectivity index (χ4v) is 4.12. The molecule has 29 heavy (non-hydrogen) atoms. The van der Waals surface area contributed by atoms with E-state index in [0.29, 0.717) is 30.5 Å². The van der Waals surface area contributed by atoms with E-state index in [9.17, 15) is 9.90 Å². The van der Waals surface area contributed by atoms with Crippen LogP contribution in [0.1, 0.15) is 39.7 Å². The van der Waals surface area contributed by atoms with Crippen LogP contribution in [0.4, 0.5) is 5.95 Å². The number of amides is 1. The number of halogens is 1. The van der Waals surface area contributed by atoms with Gasteiger partial charge in [-0.05, 0) is 36.1 Å². The molecule has 2 atom stereocenters. The normalized spacial score (nSPS) is 22.4. The number of hydrogen-bond donors (Lipinski definition) is 2. The molecule has 2 N–H and O–H groups in total. The van der Waals surface area contributed by atoms with Gasteiger partial charge < -0.3 is 15.3 Å². The van der Waals surface area contributed by atoms with E-state index in [-0.39, 0.29) is 11.8 Å². The number of aromatic nitrogens is 2. The van der Waals surface area contributed by atoms with Crippen molar-refractivity contribution in [2.75, 3.05) is 18.4 Å². The maximum Gasteiger partial charge on any atom is 0.245 e. The van der Waals surface area contributed by atoms with Gasteiger partial charge >= 0.3 is 0 Å². The van der Waals surface area contributed by atoms with Crippen LogP contribution in [0.2, 0.25) is 5.02 Å². The molecule has 0 bridgehead atoms. The van der Waals surface area contributed by atoms with Crippen LogP contribution in [0.3, 0.4) is 0 Å². The molecule has 6 nitrogen and oxygen atoms in total. The molecular weight excluding hydrogens is 388 g/mol. The molecule has 0 aliphatic carbocycles. The van der Waals surface area contributed by atoms with E-state index in [1.165, 1.54) is 0 Å². The quantitative estimate of drug-likeness (QED) is 0.776. The van der Waals surface area contributed by atoms with E-state index in [1.807, 2.05) is 44.7 Å². The van der Waals surface area contributed by atoms with Crippen molar-refractivity contribution in [1.82, 2.24) is 14.9 Å². The van der Waals surface area contributed by atoms with E-state index in [2.05, 4.69) is 15.3 Å². The molecule has 1 aliphatic rings. The Morgan fingerprint density at radius 2 is 1.83 bits per heavy atom. The second kappa shape index (κ2) is 8.28. The van der Waals surface area contributed by atoms with Gasteiger partial charge in [0.25, 0.3) is 0 Å². The lowest BCUT2D eigenvalue weighted by Crippen LogP contribution is -2.59. The topological polar surface area (TPSA) is 78.4 Å². The molecule has 0 unspecified atom stereocenters. The smallest absolute Gasteiger partial charge is 0.245 e. The van der Waals surface area contributed by atoms with Gasteiger partial charge in [-0.25, -0.2) is 9.97 Å². The predicted molar refractivity (Wildman–Crippen MR) is 115 cm³/mol. The Morgan fingerprint density at radius 3 is 2.38 bits per heavy atom. The van der Waals surface area contributed by atoms with E-state index >= 15 is 0 Å². The second-order valence-electron chi connectivity index (χ2n) is 8.70. The van der Waals surface area contributed by atoms with Crippen LogP contribution in [0.25, 0.3) is 0 Å². The molecule has 1 fully saturated rings. The summed E-state index contributed by atoms with van der Waals surface area (Å²) in [7, 11) is 0. The predicted octanol–water partition coefficient (Wildman–Crippen LogP) is 3.71. The average Bonchev–Trinajstić information content (AvgIpc) is 2.68. The highest BCUT2D eigenvalue weighted by atomic mass is 35.5. The van der Waals surface area contributed by atoms with E-state index in [0.717, 1.165) is 5.56 Å². The molecule has 1 aromatic heterocycles. The maximum atomic E-state index is 13.3. The minimum atomic E-state index is -1.03. The van der Waals surface area contributed by atoms with Crippen LogP contribution in [-0.2, 0) is 10.4 Å². The summed E-state index contributed by atoms with van der Waals surface area (Å²) in [6.45, 7) is 8.92. The minimum Gasteiger partial charge on any atom is -0.384 e. The van der Waals surface area contributed by atoms with Crippen LogP contribution < -0.4 is 5.32 Å². The lowest BCUT2D eigenvalue weighted by atomic mass is 9.66. The Balaban J connectivity index is 1.78. The SMILES string of the molecule is CC(C)[C@@H](Nc1ncccn1)C(=O)N1CC[C@](O)(c2ccc(Cl)cc2)C(C)(C)C1. The van der Waals surface area contributed by atoms with Crippen molar-refractivity contribution in [2.24, 2.45) is 11.3 Å². The van der Waals surface area contributed by atoms with Crippen molar-refractivity contribution < 1.29 is 9.90 Å². The summed E-state index contributed by atoms with van der Waals surface area (Å²) < 4.78 is 0. The van der Waals surface area contributed by atoms with Gasteiger partial charge in [0.15, 0.2) is 0 Å². The molecule has 0 spiro atoms. The third-order valence-electron chi connectivity index (χ3n) is 5.87. The average molecular weight is 417 g/mol. The fraction of sp³-hybridized carbons (Fsp3) is 0.500. The van der Waals surface area contributed by atoms with E-state index in [1.54, 1.807) is 30.6 Å². The number of benzene rings is 1. The molecule has 2 aromatic rings. The number of anilines is 1. The van der Waals surface area contributed by atoms with Gasteiger partial charge in [0.2, 0.25) is 11.9 Å². The highest BCUT2D eigenvalue weighted by molar-refractivity contribution is 6.30. The number of carbonyl (C=O) groups excluding carboxylic acids is 1. The molecular formula is C22H29ClN4O2. The van der Waals surface area contributed by atoms with Gasteiger partial charge in [0.05, 0.1) is 5.60 Å². The van der Waals surface area contributed by atoms with Crippen molar-refractivity contribution in [3.8, 4) is 0 Å². The van der Waals surface area contributed by atoms with Crippen LogP contribution in [0.5, 0.6) is 0 Å². The second-order valence-corrected chi connectivity index (χ2v) is 9.14. The van der Waals surface area contributed by atoms with E-state index < -0.39 is 17.1 Å². The zero-order valence-corrected chi connectivity index (χ0v) is 18.1. The highest BCUT2D eigenvalue weighted by Gasteiger charge is 2.50.